The van der Waals surface area contributed by atoms with E-state index in [0.717, 1.165) is 79.3 Å². The van der Waals surface area contributed by atoms with Gasteiger partial charge in [-0.1, -0.05) is 19.6 Å². The van der Waals surface area contributed by atoms with E-state index in [1.807, 2.05) is 36.4 Å². The molecule has 6 rings (SSSR count). The number of aryl methyl sites for hydroxylation is 2. The molecule has 0 radical (unpaired) electrons. The maximum atomic E-state index is 3.27. The van der Waals surface area contributed by atoms with Crippen LogP contribution in [0.5, 0.6) is 0 Å². The van der Waals surface area contributed by atoms with Crippen molar-refractivity contribution in [1.29, 1.82) is 0 Å². The predicted molar refractivity (Wildman–Crippen MR) is 377 cm³/mol. The number of nitrogens with zero attached hydrogens (tertiary/aromatic N) is 4. The summed E-state index contributed by atoms with van der Waals surface area (Å²) in [6, 6.07) is 35.4. The molecule has 0 saturated carbocycles. The van der Waals surface area contributed by atoms with Gasteiger partial charge in [0.05, 0.1) is 67.9 Å². The second-order valence-corrected chi connectivity index (χ2v) is 42.3. The SMILES string of the molecule is C.CC(C)[PH+](C(C)C)C(C)C.CC(C)[PH+](C(C)C)C(C)C.CC(C)[PH+](C(C)C)C(C)C.CC(C)[PH+](C(C)C)C(C)C.CN1[CH-]N(c2[c-]cccc2)c2ccccc21.Cc1cc2c(cc1C)N(c1[c-]cccc1)[CH-]N2C.[CH3-].[CH3-].[Os].[Os]. The summed E-state index contributed by atoms with van der Waals surface area (Å²) in [5, 5.41) is 0. The Bertz CT molecular complexity index is 1920. The Morgan fingerprint density at radius 1 is 0.342 bits per heavy atom. The number of para-hydroxylation sites is 4. The van der Waals surface area contributed by atoms with Gasteiger partial charge in [0.1, 0.15) is 0 Å². The van der Waals surface area contributed by atoms with Crippen LogP contribution in [-0.4, -0.2) is 82.0 Å². The topological polar surface area (TPSA) is 13.0 Å². The van der Waals surface area contributed by atoms with Crippen molar-refractivity contribution in [2.24, 2.45) is 0 Å². The zero-order valence-electron chi connectivity index (χ0n) is 55.7. The van der Waals surface area contributed by atoms with Crippen molar-refractivity contribution in [1.82, 2.24) is 0 Å². The predicted octanol–water partition coefficient (Wildman–Crippen LogP) is 22.2. The average molecular weight is 1520 g/mol. The van der Waals surface area contributed by atoms with Crippen LogP contribution in [-0.2, 0) is 39.6 Å². The number of anilines is 6. The maximum Gasteiger partial charge on any atom is 0.0624 e. The van der Waals surface area contributed by atoms with E-state index in [0.29, 0.717) is 0 Å². The van der Waals surface area contributed by atoms with E-state index < -0.39 is 0 Å². The van der Waals surface area contributed by atoms with Gasteiger partial charge >= 0.3 is 0 Å². The number of hydrogen-bond donors (Lipinski definition) is 0. The van der Waals surface area contributed by atoms with Gasteiger partial charge in [-0.3, -0.25) is 0 Å². The van der Waals surface area contributed by atoms with Crippen molar-refractivity contribution < 1.29 is 39.6 Å². The van der Waals surface area contributed by atoms with Crippen LogP contribution in [0, 0.1) is 54.2 Å². The Morgan fingerprint density at radius 3 is 0.810 bits per heavy atom. The van der Waals surface area contributed by atoms with Gasteiger partial charge in [0, 0.05) is 94.0 Å². The first-order valence-electron chi connectivity index (χ1n) is 28.7. The maximum absolute atomic E-state index is 3.27. The summed E-state index contributed by atoms with van der Waals surface area (Å²) in [5.74, 6) is 0. The first kappa shape index (κ1) is 86.9. The largest absolute Gasteiger partial charge is 0.504 e. The Morgan fingerprint density at radius 2 is 0.570 bits per heavy atom. The second kappa shape index (κ2) is 43.7. The standard InChI is InChI=1S/C16H16N2.C14H12N2.4C9H21P.CH4.2CH3.2Os/c1-12-9-15-16(10-13(12)2)18(11-17(15)3)14-7-5-4-6-8-14;1-15-11-16(12-7-3-2-4-8-12)14-10-6-5-9-13(14)15;4*1-7(2)10(8(3)4)9(5)6;;;;;/h4-7,9-11H,1-3H3;2-7,9-11H,1H3;4*7-9H,1-6H3;1H4;2*1H3;;/q2*-2;;;;;;2*-1;;/p+4. The molecule has 0 amide bonds. The molecule has 0 unspecified atom stereocenters. The third-order valence-electron chi connectivity index (χ3n) is 14.2. The van der Waals surface area contributed by atoms with Gasteiger partial charge in [0.2, 0.25) is 0 Å². The molecule has 0 spiro atoms. The van der Waals surface area contributed by atoms with Gasteiger partial charge in [-0.25, -0.2) is 0 Å². The molecule has 4 aromatic rings. The molecule has 0 bridgehead atoms. The molecule has 4 aromatic carbocycles. The number of benzene rings is 4. The van der Waals surface area contributed by atoms with Gasteiger partial charge in [0.25, 0.3) is 0 Å². The van der Waals surface area contributed by atoms with E-state index in [-0.39, 0.29) is 93.5 Å². The van der Waals surface area contributed by atoms with Crippen molar-refractivity contribution in [3.05, 3.63) is 136 Å². The van der Waals surface area contributed by atoms with Crippen LogP contribution in [0.4, 0.5) is 34.1 Å². The number of hydrogen-bond acceptors (Lipinski definition) is 4. The number of fused-ring (bicyclic) bond motifs is 2. The van der Waals surface area contributed by atoms with Gasteiger partial charge in [-0.2, -0.15) is 74.0 Å². The Hall–Kier alpha value is -0.927. The first-order valence-corrected chi connectivity index (χ1v) is 35.7. The summed E-state index contributed by atoms with van der Waals surface area (Å²) < 4.78 is 0. The van der Waals surface area contributed by atoms with Crippen LogP contribution in [0.2, 0.25) is 0 Å². The van der Waals surface area contributed by atoms with Gasteiger partial charge in [-0.15, -0.1) is 11.4 Å². The zero-order chi connectivity index (χ0) is 56.9. The van der Waals surface area contributed by atoms with Crippen LogP contribution >= 0.6 is 31.7 Å². The van der Waals surface area contributed by atoms with Crippen LogP contribution in [0.1, 0.15) is 185 Å². The Kier molecular flexibility index (Phi) is 48.0. The fraction of sp³-hybridized carbons (Fsp3) is 0.594. The summed E-state index contributed by atoms with van der Waals surface area (Å²) in [5.41, 5.74) is 20.9. The minimum atomic E-state index is -0.0957. The molecule has 0 aromatic heterocycles. The summed E-state index contributed by atoms with van der Waals surface area (Å²) in [6.07, 6.45) is 0. The smallest absolute Gasteiger partial charge is 0.0624 e. The molecule has 0 aliphatic carbocycles. The van der Waals surface area contributed by atoms with Crippen LogP contribution in [0.3, 0.4) is 0 Å². The molecule has 2 aliphatic heterocycles. The normalized spacial score (nSPS) is 12.4. The van der Waals surface area contributed by atoms with E-state index in [2.05, 4.69) is 288 Å². The van der Waals surface area contributed by atoms with Gasteiger partial charge in [0.15, 0.2) is 0 Å². The average Bonchev–Trinajstić information content (AvgIpc) is 3.78. The third kappa shape index (κ3) is 29.1. The molecule has 0 atom stereocenters. The van der Waals surface area contributed by atoms with Crippen molar-refractivity contribution in [2.75, 3.05) is 33.7 Å². The second-order valence-electron chi connectivity index (χ2n) is 24.5. The van der Waals surface area contributed by atoms with E-state index in [9.17, 15) is 0 Å². The van der Waals surface area contributed by atoms with Crippen molar-refractivity contribution in [3.63, 3.8) is 0 Å². The molecular weight excluding hydrogens is 1390 g/mol. The summed E-state index contributed by atoms with van der Waals surface area (Å²) in [7, 11) is 3.75. The molecule has 10 heteroatoms. The summed E-state index contributed by atoms with van der Waals surface area (Å²) >= 11 is 0. The number of rotatable bonds is 14. The van der Waals surface area contributed by atoms with Gasteiger partial charge in [-0.05, 0) is 230 Å². The molecule has 0 fully saturated rings. The van der Waals surface area contributed by atoms with E-state index >= 15 is 0 Å². The molecule has 79 heavy (non-hydrogen) atoms. The molecule has 460 valence electrons. The van der Waals surface area contributed by atoms with Crippen LogP contribution < -0.4 is 19.6 Å². The third-order valence-corrected chi connectivity index (χ3v) is 30.2. The molecular formula is C69H126N4Os2P4-2. The summed E-state index contributed by atoms with van der Waals surface area (Å²) in [6.45, 7) is 65.4. The minimum absolute atomic E-state index is 0. The molecule has 2 heterocycles. The molecule has 4 nitrogen and oxygen atoms in total. The Labute approximate surface area is 526 Å². The monoisotopic (exact) mass is 1520 g/mol. The molecule has 2 aliphatic rings. The molecule has 0 N–H and O–H groups in total. The van der Waals surface area contributed by atoms with Crippen molar-refractivity contribution >= 4 is 65.8 Å². The fourth-order valence-electron chi connectivity index (χ4n) is 12.3. The zero-order valence-corrected chi connectivity index (χ0v) is 64.7. The first-order chi connectivity index (χ1) is 34.4. The fourth-order valence-corrected chi connectivity index (χ4v) is 28.3. The minimum Gasteiger partial charge on any atom is -0.504 e. The van der Waals surface area contributed by atoms with Gasteiger partial charge < -0.3 is 34.5 Å². The van der Waals surface area contributed by atoms with E-state index in [1.54, 1.807) is 0 Å². The van der Waals surface area contributed by atoms with Crippen molar-refractivity contribution in [2.45, 2.75) is 255 Å². The quantitative estimate of drug-likeness (QED) is 0.0921. The van der Waals surface area contributed by atoms with Crippen molar-refractivity contribution in [3.8, 4) is 0 Å². The molecule has 0 saturated heterocycles. The Balaban J connectivity index is -0.000000280. The summed E-state index contributed by atoms with van der Waals surface area (Å²) in [4.78, 5) is 8.61. The van der Waals surface area contributed by atoms with E-state index in [4.69, 9.17) is 0 Å². The van der Waals surface area contributed by atoms with Crippen LogP contribution in [0.15, 0.2) is 84.9 Å². The van der Waals surface area contributed by atoms with E-state index in [1.165, 1.54) is 33.9 Å². The van der Waals surface area contributed by atoms with Crippen LogP contribution in [0.25, 0.3) is 0 Å².